The van der Waals surface area contributed by atoms with Crippen LogP contribution in [0.25, 0.3) is 0 Å². The summed E-state index contributed by atoms with van der Waals surface area (Å²) in [5.74, 6) is -0.751. The molecule has 2 aromatic carbocycles. The molecule has 0 aromatic heterocycles. The van der Waals surface area contributed by atoms with Crippen LogP contribution >= 0.6 is 34.8 Å². The zero-order valence-electron chi connectivity index (χ0n) is 13.2. The molecule has 25 heavy (non-hydrogen) atoms. The van der Waals surface area contributed by atoms with Gasteiger partial charge in [-0.1, -0.05) is 40.9 Å². The third-order valence-corrected chi connectivity index (χ3v) is 4.39. The summed E-state index contributed by atoms with van der Waals surface area (Å²) in [5, 5.41) is 6.01. The molecule has 0 unspecified atom stereocenters. The van der Waals surface area contributed by atoms with Crippen LogP contribution < -0.4 is 10.6 Å². The van der Waals surface area contributed by atoms with E-state index in [0.29, 0.717) is 24.4 Å². The van der Waals surface area contributed by atoms with Crippen LogP contribution in [0.5, 0.6) is 0 Å². The Bertz CT molecular complexity index is 797. The van der Waals surface area contributed by atoms with E-state index >= 15 is 0 Å². The summed E-state index contributed by atoms with van der Waals surface area (Å²) in [6, 6.07) is 9.37. The molecule has 132 valence electrons. The quantitative estimate of drug-likeness (QED) is 0.710. The van der Waals surface area contributed by atoms with Crippen molar-refractivity contribution < 1.29 is 14.3 Å². The fourth-order valence-electron chi connectivity index (χ4n) is 2.02. The lowest BCUT2D eigenvalue weighted by atomic mass is 10.1. The summed E-state index contributed by atoms with van der Waals surface area (Å²) in [7, 11) is 1.54. The van der Waals surface area contributed by atoms with E-state index < -0.39 is 5.91 Å². The van der Waals surface area contributed by atoms with Crippen molar-refractivity contribution in [3.8, 4) is 0 Å². The van der Waals surface area contributed by atoms with E-state index in [-0.39, 0.29) is 26.5 Å². The van der Waals surface area contributed by atoms with Crippen molar-refractivity contribution in [3.05, 3.63) is 62.6 Å². The van der Waals surface area contributed by atoms with Gasteiger partial charge < -0.3 is 15.4 Å². The van der Waals surface area contributed by atoms with Gasteiger partial charge in [0.2, 0.25) is 0 Å². The number of anilines is 1. The molecule has 0 saturated carbocycles. The highest BCUT2D eigenvalue weighted by molar-refractivity contribution is 6.44. The molecular weight excluding hydrogens is 387 g/mol. The molecule has 0 saturated heterocycles. The van der Waals surface area contributed by atoms with E-state index in [1.807, 2.05) is 0 Å². The second-order valence-electron chi connectivity index (χ2n) is 5.00. The normalized spacial score (nSPS) is 10.4. The van der Waals surface area contributed by atoms with Crippen LogP contribution in [-0.4, -0.2) is 32.1 Å². The summed E-state index contributed by atoms with van der Waals surface area (Å²) < 4.78 is 4.87. The van der Waals surface area contributed by atoms with Gasteiger partial charge >= 0.3 is 0 Å². The van der Waals surface area contributed by atoms with Crippen molar-refractivity contribution in [2.45, 2.75) is 0 Å². The Hall–Kier alpha value is -1.79. The highest BCUT2D eigenvalue weighted by Gasteiger charge is 2.15. The number of halogens is 3. The fourth-order valence-corrected chi connectivity index (χ4v) is 2.67. The number of benzene rings is 2. The lowest BCUT2D eigenvalue weighted by molar-refractivity contribution is 0.0937. The van der Waals surface area contributed by atoms with Gasteiger partial charge in [0, 0.05) is 19.3 Å². The second kappa shape index (κ2) is 9.06. The number of hydrogen-bond donors (Lipinski definition) is 2. The van der Waals surface area contributed by atoms with Crippen LogP contribution in [0.4, 0.5) is 5.69 Å². The number of hydrogen-bond acceptors (Lipinski definition) is 3. The minimum Gasteiger partial charge on any atom is -0.383 e. The minimum absolute atomic E-state index is 0.168. The maximum Gasteiger partial charge on any atom is 0.257 e. The molecule has 0 aliphatic heterocycles. The number of carbonyl (C=O) groups is 2. The van der Waals surface area contributed by atoms with E-state index in [9.17, 15) is 9.59 Å². The Morgan fingerprint density at radius 1 is 1.00 bits per heavy atom. The predicted octanol–water partition coefficient (Wildman–Crippen LogP) is 4.28. The molecule has 0 radical (unpaired) electrons. The molecule has 2 rings (SSSR count). The van der Waals surface area contributed by atoms with Gasteiger partial charge in [-0.3, -0.25) is 9.59 Å². The molecule has 8 heteroatoms. The maximum atomic E-state index is 12.3. The Morgan fingerprint density at radius 3 is 2.44 bits per heavy atom. The molecule has 0 spiro atoms. The van der Waals surface area contributed by atoms with Crippen molar-refractivity contribution in [2.75, 3.05) is 25.6 Å². The second-order valence-corrected chi connectivity index (χ2v) is 6.19. The highest BCUT2D eigenvalue weighted by Crippen LogP contribution is 2.27. The number of nitrogens with one attached hydrogen (secondary N) is 2. The van der Waals surface area contributed by atoms with Gasteiger partial charge in [0.25, 0.3) is 11.8 Å². The maximum absolute atomic E-state index is 12.3. The Morgan fingerprint density at radius 2 is 1.76 bits per heavy atom. The van der Waals surface area contributed by atoms with Gasteiger partial charge in [-0.25, -0.2) is 0 Å². The zero-order valence-corrected chi connectivity index (χ0v) is 15.5. The average Bonchev–Trinajstić information content (AvgIpc) is 2.57. The number of amides is 2. The molecule has 5 nitrogen and oxygen atoms in total. The van der Waals surface area contributed by atoms with Crippen LogP contribution in [0.2, 0.25) is 15.1 Å². The Kier molecular flexibility index (Phi) is 7.08. The summed E-state index contributed by atoms with van der Waals surface area (Å²) in [6.45, 7) is 0.773. The minimum atomic E-state index is -0.430. The highest BCUT2D eigenvalue weighted by atomic mass is 35.5. The van der Waals surface area contributed by atoms with Crippen LogP contribution in [0, 0.1) is 0 Å². The van der Waals surface area contributed by atoms with Gasteiger partial charge in [0.05, 0.1) is 32.8 Å². The third-order valence-electron chi connectivity index (χ3n) is 3.26. The average molecular weight is 402 g/mol. The predicted molar refractivity (Wildman–Crippen MR) is 100 cm³/mol. The molecule has 2 aromatic rings. The first-order valence-electron chi connectivity index (χ1n) is 7.26. The topological polar surface area (TPSA) is 67.4 Å². The van der Waals surface area contributed by atoms with Crippen molar-refractivity contribution in [3.63, 3.8) is 0 Å². The molecule has 0 atom stereocenters. The van der Waals surface area contributed by atoms with Crippen LogP contribution in [0.1, 0.15) is 20.7 Å². The number of carbonyl (C=O) groups excluding carboxylic acids is 2. The number of ether oxygens (including phenoxy) is 1. The summed E-state index contributed by atoms with van der Waals surface area (Å²) >= 11 is 18.1. The number of methoxy groups -OCH3 is 1. The van der Waals surface area contributed by atoms with Crippen molar-refractivity contribution in [1.29, 1.82) is 0 Å². The van der Waals surface area contributed by atoms with Crippen LogP contribution in [-0.2, 0) is 4.74 Å². The Balaban J connectivity index is 2.11. The van der Waals surface area contributed by atoms with Crippen LogP contribution in [0.15, 0.2) is 36.4 Å². The van der Waals surface area contributed by atoms with E-state index in [0.717, 1.165) is 0 Å². The van der Waals surface area contributed by atoms with E-state index in [4.69, 9.17) is 39.5 Å². The molecular formula is C17H15Cl3N2O3. The fraction of sp³-hybridized carbons (Fsp3) is 0.176. The van der Waals surface area contributed by atoms with Gasteiger partial charge in [0.15, 0.2) is 0 Å². The molecule has 2 amide bonds. The zero-order chi connectivity index (χ0) is 18.4. The lowest BCUT2D eigenvalue weighted by Crippen LogP contribution is -2.27. The summed E-state index contributed by atoms with van der Waals surface area (Å²) in [5.41, 5.74) is 0.975. The van der Waals surface area contributed by atoms with Gasteiger partial charge in [-0.2, -0.15) is 0 Å². The van der Waals surface area contributed by atoms with Crippen molar-refractivity contribution in [1.82, 2.24) is 5.32 Å². The smallest absolute Gasteiger partial charge is 0.257 e. The first-order chi connectivity index (χ1) is 11.9. The first kappa shape index (κ1) is 19.5. The standard InChI is InChI=1S/C17H15Cl3N2O3/c1-25-8-7-21-16(23)11-6-5-10(9-14(11)19)22-17(24)12-3-2-4-13(18)15(12)20/h2-6,9H,7-8H2,1H3,(H,21,23)(H,22,24). The molecule has 0 bridgehead atoms. The van der Waals surface area contributed by atoms with Crippen molar-refractivity contribution >= 4 is 52.3 Å². The third kappa shape index (κ3) is 5.09. The van der Waals surface area contributed by atoms with Gasteiger partial charge in [-0.15, -0.1) is 0 Å². The largest absolute Gasteiger partial charge is 0.383 e. The monoisotopic (exact) mass is 400 g/mol. The molecule has 0 fully saturated rings. The summed E-state index contributed by atoms with van der Waals surface area (Å²) in [4.78, 5) is 24.3. The van der Waals surface area contributed by atoms with E-state index in [2.05, 4.69) is 10.6 Å². The molecule has 0 aliphatic rings. The molecule has 0 aliphatic carbocycles. The Labute approximate surface area is 160 Å². The van der Waals surface area contributed by atoms with Crippen molar-refractivity contribution in [2.24, 2.45) is 0 Å². The molecule has 0 heterocycles. The van der Waals surface area contributed by atoms with Crippen LogP contribution in [0.3, 0.4) is 0 Å². The molecule has 2 N–H and O–H groups in total. The van der Waals surface area contributed by atoms with Gasteiger partial charge in [-0.05, 0) is 30.3 Å². The van der Waals surface area contributed by atoms with E-state index in [1.165, 1.54) is 12.1 Å². The first-order valence-corrected chi connectivity index (χ1v) is 8.39. The van der Waals surface area contributed by atoms with Gasteiger partial charge in [0.1, 0.15) is 0 Å². The SMILES string of the molecule is COCCNC(=O)c1ccc(NC(=O)c2cccc(Cl)c2Cl)cc1Cl. The number of rotatable bonds is 6. The van der Waals surface area contributed by atoms with E-state index in [1.54, 1.807) is 31.4 Å². The lowest BCUT2D eigenvalue weighted by Gasteiger charge is -2.10. The summed E-state index contributed by atoms with van der Waals surface area (Å²) in [6.07, 6.45) is 0.